The molecule has 1 fully saturated rings. The number of anilines is 1. The summed E-state index contributed by atoms with van der Waals surface area (Å²) in [5.74, 6) is -1.10. The largest absolute Gasteiger partial charge is 0.480 e. The van der Waals surface area contributed by atoms with Gasteiger partial charge in [-0.05, 0) is 34.7 Å². The zero-order valence-electron chi connectivity index (χ0n) is 9.91. The van der Waals surface area contributed by atoms with Gasteiger partial charge in [-0.2, -0.15) is 0 Å². The Morgan fingerprint density at radius 2 is 2.05 bits per heavy atom. The van der Waals surface area contributed by atoms with Crippen LogP contribution in [-0.4, -0.2) is 45.8 Å². The molecule has 0 radical (unpaired) electrons. The molecule has 7 heteroatoms. The van der Waals surface area contributed by atoms with Crippen molar-refractivity contribution in [2.24, 2.45) is 0 Å². The number of aliphatic hydroxyl groups is 1. The van der Waals surface area contributed by atoms with Crippen molar-refractivity contribution in [1.29, 1.82) is 0 Å². The molecule has 0 saturated carbocycles. The number of rotatable bonds is 2. The highest BCUT2D eigenvalue weighted by molar-refractivity contribution is 14.1. The minimum absolute atomic E-state index is 0.0339. The Balaban J connectivity index is 2.11. The van der Waals surface area contributed by atoms with Crippen LogP contribution in [0, 0.1) is 3.57 Å². The average Bonchev–Trinajstić information content (AvgIpc) is 2.74. The molecule has 1 heterocycles. The van der Waals surface area contributed by atoms with E-state index in [1.165, 1.54) is 0 Å². The summed E-state index contributed by atoms with van der Waals surface area (Å²) in [4.78, 5) is 24.3. The maximum absolute atomic E-state index is 12.1. The van der Waals surface area contributed by atoms with Gasteiger partial charge in [0.15, 0.2) is 0 Å². The molecular weight excluding hydrogens is 363 g/mol. The van der Waals surface area contributed by atoms with E-state index >= 15 is 0 Å². The average molecular weight is 376 g/mol. The fraction of sp³-hybridized carbons (Fsp3) is 0.333. The number of β-amino-alcohol motifs (C(OH)–C–C–N with tert-alkyl or cyclic N) is 1. The molecule has 0 spiro atoms. The first-order chi connectivity index (χ1) is 8.99. The van der Waals surface area contributed by atoms with Crippen LogP contribution in [-0.2, 0) is 4.79 Å². The highest BCUT2D eigenvalue weighted by atomic mass is 127. The van der Waals surface area contributed by atoms with E-state index in [1.54, 1.807) is 12.1 Å². The van der Waals surface area contributed by atoms with Crippen LogP contribution >= 0.6 is 22.6 Å². The fourth-order valence-corrected chi connectivity index (χ4v) is 2.54. The van der Waals surface area contributed by atoms with Gasteiger partial charge in [-0.15, -0.1) is 0 Å². The first-order valence-electron chi connectivity index (χ1n) is 5.72. The van der Waals surface area contributed by atoms with Gasteiger partial charge in [0.05, 0.1) is 11.8 Å². The van der Waals surface area contributed by atoms with Gasteiger partial charge in [0, 0.05) is 16.5 Å². The van der Waals surface area contributed by atoms with Gasteiger partial charge >= 0.3 is 12.0 Å². The third-order valence-corrected chi connectivity index (χ3v) is 3.88. The first kappa shape index (κ1) is 14.1. The van der Waals surface area contributed by atoms with Gasteiger partial charge in [-0.3, -0.25) is 0 Å². The Morgan fingerprint density at radius 1 is 1.37 bits per heavy atom. The van der Waals surface area contributed by atoms with E-state index in [2.05, 4.69) is 27.9 Å². The van der Waals surface area contributed by atoms with Crippen molar-refractivity contribution in [3.63, 3.8) is 0 Å². The number of aliphatic carboxylic acids is 1. The molecule has 2 amide bonds. The van der Waals surface area contributed by atoms with Crippen LogP contribution in [0.3, 0.4) is 0 Å². The number of aliphatic hydroxyl groups excluding tert-OH is 1. The summed E-state index contributed by atoms with van der Waals surface area (Å²) < 4.78 is 0.861. The van der Waals surface area contributed by atoms with Crippen molar-refractivity contribution in [3.05, 3.63) is 27.8 Å². The van der Waals surface area contributed by atoms with Crippen molar-refractivity contribution in [2.45, 2.75) is 18.6 Å². The van der Waals surface area contributed by atoms with E-state index in [1.807, 2.05) is 12.1 Å². The van der Waals surface area contributed by atoms with Crippen LogP contribution in [0.1, 0.15) is 6.42 Å². The Kier molecular flexibility index (Phi) is 4.25. The molecule has 0 aromatic heterocycles. The molecule has 102 valence electrons. The summed E-state index contributed by atoms with van der Waals surface area (Å²) in [6, 6.07) is 5.72. The molecule has 1 aromatic rings. The second-order valence-electron chi connectivity index (χ2n) is 4.31. The highest BCUT2D eigenvalue weighted by Crippen LogP contribution is 2.22. The van der Waals surface area contributed by atoms with Crippen molar-refractivity contribution in [1.82, 2.24) is 4.90 Å². The van der Waals surface area contributed by atoms with Gasteiger partial charge in [0.2, 0.25) is 0 Å². The fourth-order valence-electron chi connectivity index (χ4n) is 2.02. The van der Waals surface area contributed by atoms with Gasteiger partial charge in [0.25, 0.3) is 0 Å². The number of para-hydroxylation sites is 1. The standard InChI is InChI=1S/C12H13IN2O4/c13-8-3-1-2-4-9(8)14-12(19)15-6-7(16)5-10(15)11(17)18/h1-4,7,10,16H,5-6H2,(H,14,19)(H,17,18)/t7-,10+/m1/s1. The van der Waals surface area contributed by atoms with E-state index in [-0.39, 0.29) is 13.0 Å². The lowest BCUT2D eigenvalue weighted by Gasteiger charge is -2.21. The number of carboxylic acid groups (broad SMARTS) is 1. The number of amides is 2. The number of carbonyl (C=O) groups excluding carboxylic acids is 1. The van der Waals surface area contributed by atoms with Crippen LogP contribution < -0.4 is 5.32 Å². The normalized spacial score (nSPS) is 22.3. The molecular formula is C12H13IN2O4. The van der Waals surface area contributed by atoms with Crippen molar-refractivity contribution >= 4 is 40.3 Å². The molecule has 0 unspecified atom stereocenters. The molecule has 1 aromatic carbocycles. The Labute approximate surface area is 123 Å². The second-order valence-corrected chi connectivity index (χ2v) is 5.47. The number of hydrogen-bond donors (Lipinski definition) is 3. The first-order valence-corrected chi connectivity index (χ1v) is 6.80. The lowest BCUT2D eigenvalue weighted by Crippen LogP contribution is -2.43. The third-order valence-electron chi connectivity index (χ3n) is 2.94. The van der Waals surface area contributed by atoms with Crippen LogP contribution in [0.4, 0.5) is 10.5 Å². The molecule has 1 saturated heterocycles. The molecule has 19 heavy (non-hydrogen) atoms. The smallest absolute Gasteiger partial charge is 0.326 e. The third kappa shape index (κ3) is 3.16. The summed E-state index contributed by atoms with van der Waals surface area (Å²) in [5, 5.41) is 21.2. The number of hydrogen-bond acceptors (Lipinski definition) is 3. The SMILES string of the molecule is O=C(O)[C@@H]1C[C@@H](O)CN1C(=O)Nc1ccccc1I. The van der Waals surface area contributed by atoms with E-state index in [9.17, 15) is 14.7 Å². The molecule has 2 atom stereocenters. The van der Waals surface area contributed by atoms with Crippen molar-refractivity contribution in [2.75, 3.05) is 11.9 Å². The Bertz CT molecular complexity index is 508. The lowest BCUT2D eigenvalue weighted by molar-refractivity contribution is -0.141. The second kappa shape index (κ2) is 5.74. The summed E-state index contributed by atoms with van der Waals surface area (Å²) in [6.45, 7) is 0.0339. The molecule has 3 N–H and O–H groups in total. The zero-order valence-corrected chi connectivity index (χ0v) is 12.1. The molecule has 0 bridgehead atoms. The van der Waals surface area contributed by atoms with Crippen LogP contribution in [0.25, 0.3) is 0 Å². The van der Waals surface area contributed by atoms with Gasteiger partial charge in [-0.1, -0.05) is 12.1 Å². The minimum Gasteiger partial charge on any atom is -0.480 e. The number of urea groups is 1. The maximum Gasteiger partial charge on any atom is 0.326 e. The molecule has 6 nitrogen and oxygen atoms in total. The van der Waals surface area contributed by atoms with E-state index in [0.717, 1.165) is 8.47 Å². The minimum atomic E-state index is -1.10. The number of likely N-dealkylation sites (tertiary alicyclic amines) is 1. The summed E-state index contributed by atoms with van der Waals surface area (Å²) >= 11 is 2.08. The number of nitrogens with one attached hydrogen (secondary N) is 1. The lowest BCUT2D eigenvalue weighted by atomic mass is 10.2. The molecule has 2 rings (SSSR count). The highest BCUT2D eigenvalue weighted by Gasteiger charge is 2.39. The maximum atomic E-state index is 12.1. The number of carboxylic acids is 1. The Morgan fingerprint density at radius 3 is 2.68 bits per heavy atom. The monoisotopic (exact) mass is 376 g/mol. The van der Waals surface area contributed by atoms with Crippen LogP contribution in [0.5, 0.6) is 0 Å². The van der Waals surface area contributed by atoms with E-state index in [4.69, 9.17) is 5.11 Å². The van der Waals surface area contributed by atoms with Gasteiger partial charge in [0.1, 0.15) is 6.04 Å². The molecule has 1 aliphatic rings. The van der Waals surface area contributed by atoms with Gasteiger partial charge < -0.3 is 20.4 Å². The van der Waals surface area contributed by atoms with Crippen LogP contribution in [0.15, 0.2) is 24.3 Å². The summed E-state index contributed by atoms with van der Waals surface area (Å²) in [5.41, 5.74) is 0.624. The predicted octanol–water partition coefficient (Wildman–Crippen LogP) is 1.34. The van der Waals surface area contributed by atoms with Gasteiger partial charge in [-0.25, -0.2) is 9.59 Å². The predicted molar refractivity (Wildman–Crippen MR) is 76.9 cm³/mol. The van der Waals surface area contributed by atoms with Crippen molar-refractivity contribution in [3.8, 4) is 0 Å². The number of nitrogens with zero attached hydrogens (tertiary/aromatic N) is 1. The quantitative estimate of drug-likeness (QED) is 0.680. The number of halogens is 1. The number of carbonyl (C=O) groups is 2. The summed E-state index contributed by atoms with van der Waals surface area (Å²) in [7, 11) is 0. The zero-order chi connectivity index (χ0) is 14.0. The van der Waals surface area contributed by atoms with E-state index < -0.39 is 24.1 Å². The molecule has 1 aliphatic heterocycles. The summed E-state index contributed by atoms with van der Waals surface area (Å²) in [6.07, 6.45) is -0.726. The number of benzene rings is 1. The topological polar surface area (TPSA) is 89.9 Å². The van der Waals surface area contributed by atoms with Crippen molar-refractivity contribution < 1.29 is 19.8 Å². The Hall–Kier alpha value is -1.35. The van der Waals surface area contributed by atoms with E-state index in [0.29, 0.717) is 5.69 Å². The van der Waals surface area contributed by atoms with Crippen LogP contribution in [0.2, 0.25) is 0 Å². The molecule has 0 aliphatic carbocycles.